The third-order valence-electron chi connectivity index (χ3n) is 7.15. The lowest BCUT2D eigenvalue weighted by molar-refractivity contribution is -0.122. The normalized spacial score (nSPS) is 11.2. The summed E-state index contributed by atoms with van der Waals surface area (Å²) < 4.78 is 1.94. The van der Waals surface area contributed by atoms with Crippen molar-refractivity contribution in [3.05, 3.63) is 117 Å². The van der Waals surface area contributed by atoms with Gasteiger partial charge in [0.05, 0.1) is 40.0 Å². The molecular weight excluding hydrogens is 611 g/mol. The molecule has 0 aliphatic carbocycles. The number of benzene rings is 3. The maximum Gasteiger partial charge on any atom is 0.226 e. The summed E-state index contributed by atoms with van der Waals surface area (Å²) in [7, 11) is 0. The van der Waals surface area contributed by atoms with Gasteiger partial charge >= 0.3 is 0 Å². The van der Waals surface area contributed by atoms with Crippen molar-refractivity contribution in [3.63, 3.8) is 0 Å². The fourth-order valence-electron chi connectivity index (χ4n) is 4.85. The van der Waals surface area contributed by atoms with Gasteiger partial charge < -0.3 is 20.1 Å². The van der Waals surface area contributed by atoms with Gasteiger partial charge in [-0.05, 0) is 79.0 Å². The number of carbonyl (C=O) groups excluding carboxylic acids is 1. The molecule has 1 amide bonds. The molecule has 44 heavy (non-hydrogen) atoms. The number of amides is 1. The van der Waals surface area contributed by atoms with Crippen LogP contribution in [0.4, 0.5) is 5.69 Å². The van der Waals surface area contributed by atoms with Gasteiger partial charge in [-0.25, -0.2) is 4.98 Å². The number of thiocarbonyl (C=S) groups is 1. The first-order valence-corrected chi connectivity index (χ1v) is 15.5. The molecule has 4 rings (SSSR count). The van der Waals surface area contributed by atoms with Crippen molar-refractivity contribution in [1.82, 2.24) is 19.8 Å². The predicted octanol–water partition coefficient (Wildman–Crippen LogP) is 7.57. The van der Waals surface area contributed by atoms with E-state index in [1.165, 1.54) is 5.56 Å². The molecule has 1 aromatic heterocycles. The van der Waals surface area contributed by atoms with Crippen LogP contribution in [0.25, 0.3) is 0 Å². The number of hydrogen-bond donors (Lipinski definition) is 2. The summed E-state index contributed by atoms with van der Waals surface area (Å²) in [6.45, 7) is 9.58. The van der Waals surface area contributed by atoms with Crippen LogP contribution in [-0.2, 0) is 24.3 Å². The molecule has 3 aromatic carbocycles. The molecule has 10 heteroatoms. The molecule has 4 aromatic rings. The number of nitrogens with zero attached hydrogens (tertiary/aromatic N) is 4. The summed E-state index contributed by atoms with van der Waals surface area (Å²) in [6.07, 6.45) is 3.57. The first kappa shape index (κ1) is 33.0. The Morgan fingerprint density at radius 1 is 1.09 bits per heavy atom. The molecule has 0 saturated heterocycles. The first-order valence-electron chi connectivity index (χ1n) is 14.3. The van der Waals surface area contributed by atoms with Crippen LogP contribution in [0.1, 0.15) is 61.6 Å². The minimum absolute atomic E-state index is 0.138. The number of rotatable bonds is 11. The molecule has 0 unspecified atom stereocenters. The van der Waals surface area contributed by atoms with Gasteiger partial charge in [-0.15, -0.1) is 0 Å². The standard InChI is InChI=1S/C34H36Cl2N6OS/c1-23(2)26-12-14-28(15-13-26)39-33(44)41(20-27-6-5-7-30(35)32(27)36)21-34(3,4)40-31(43)16-29-18-38-22-42(29)19-25-10-8-24(17-37)9-11-25/h5-15,18,22-23H,16,19-21H2,1-4H3,(H,39,44)(H,40,43). The zero-order valence-electron chi connectivity index (χ0n) is 25.3. The second-order valence-electron chi connectivity index (χ2n) is 11.7. The van der Waals surface area contributed by atoms with E-state index in [4.69, 9.17) is 40.7 Å². The van der Waals surface area contributed by atoms with Gasteiger partial charge in [0, 0.05) is 37.2 Å². The summed E-state index contributed by atoms with van der Waals surface area (Å²) in [4.78, 5) is 19.6. The molecule has 0 aliphatic heterocycles. The fraction of sp³-hybridized carbons (Fsp3) is 0.294. The van der Waals surface area contributed by atoms with E-state index in [2.05, 4.69) is 47.7 Å². The molecule has 0 aliphatic rings. The van der Waals surface area contributed by atoms with Gasteiger partial charge in [-0.2, -0.15) is 5.26 Å². The number of carbonyl (C=O) groups is 1. The third kappa shape index (κ3) is 9.06. The van der Waals surface area contributed by atoms with Crippen LogP contribution in [0.5, 0.6) is 0 Å². The van der Waals surface area contributed by atoms with E-state index in [1.54, 1.807) is 30.7 Å². The minimum Gasteiger partial charge on any atom is -0.349 e. The zero-order chi connectivity index (χ0) is 31.9. The molecule has 2 N–H and O–H groups in total. The smallest absolute Gasteiger partial charge is 0.226 e. The molecular formula is C34H36Cl2N6OS. The van der Waals surface area contributed by atoms with Crippen LogP contribution < -0.4 is 10.6 Å². The van der Waals surface area contributed by atoms with Crippen LogP contribution in [-0.4, -0.2) is 37.6 Å². The Morgan fingerprint density at radius 2 is 1.80 bits per heavy atom. The fourth-order valence-corrected chi connectivity index (χ4v) is 5.48. The number of aromatic nitrogens is 2. The largest absolute Gasteiger partial charge is 0.349 e. The molecule has 0 bridgehead atoms. The second kappa shape index (κ2) is 14.7. The molecule has 0 radical (unpaired) electrons. The Kier molecular flexibility index (Phi) is 11.0. The van der Waals surface area contributed by atoms with Gasteiger partial charge in [0.1, 0.15) is 0 Å². The van der Waals surface area contributed by atoms with Crippen LogP contribution in [0, 0.1) is 11.3 Å². The summed E-state index contributed by atoms with van der Waals surface area (Å²) in [6, 6.07) is 23.2. The van der Waals surface area contributed by atoms with Crippen molar-refractivity contribution in [2.24, 2.45) is 0 Å². The topological polar surface area (TPSA) is 86.0 Å². The lowest BCUT2D eigenvalue weighted by Gasteiger charge is -2.35. The van der Waals surface area contributed by atoms with Crippen molar-refractivity contribution in [2.45, 2.75) is 58.7 Å². The monoisotopic (exact) mass is 646 g/mol. The lowest BCUT2D eigenvalue weighted by atomic mass is 10.0. The summed E-state index contributed by atoms with van der Waals surface area (Å²) in [5.41, 5.74) is 4.68. The average molecular weight is 648 g/mol. The third-order valence-corrected chi connectivity index (χ3v) is 8.37. The lowest BCUT2D eigenvalue weighted by Crippen LogP contribution is -2.53. The minimum atomic E-state index is -0.659. The highest BCUT2D eigenvalue weighted by Gasteiger charge is 2.27. The SMILES string of the molecule is CC(C)c1ccc(NC(=S)N(Cc2cccc(Cl)c2Cl)CC(C)(C)NC(=O)Cc2cncn2Cc2ccc(C#N)cc2)cc1. The molecule has 1 heterocycles. The van der Waals surface area contributed by atoms with Crippen molar-refractivity contribution >= 4 is 52.1 Å². The van der Waals surface area contributed by atoms with Gasteiger partial charge in [-0.3, -0.25) is 4.79 Å². The van der Waals surface area contributed by atoms with E-state index >= 15 is 0 Å². The van der Waals surface area contributed by atoms with E-state index < -0.39 is 5.54 Å². The predicted molar refractivity (Wildman–Crippen MR) is 182 cm³/mol. The molecule has 7 nitrogen and oxygen atoms in total. The summed E-state index contributed by atoms with van der Waals surface area (Å²) in [5, 5.41) is 17.0. The number of nitriles is 1. The van der Waals surface area contributed by atoms with Gasteiger partial charge in [0.2, 0.25) is 5.91 Å². The molecule has 0 saturated carbocycles. The average Bonchev–Trinajstić information content (AvgIpc) is 3.41. The number of anilines is 1. The highest BCUT2D eigenvalue weighted by molar-refractivity contribution is 7.80. The van der Waals surface area contributed by atoms with E-state index in [-0.39, 0.29) is 12.3 Å². The highest BCUT2D eigenvalue weighted by Crippen LogP contribution is 2.27. The van der Waals surface area contributed by atoms with Gasteiger partial charge in [-0.1, -0.05) is 73.4 Å². The van der Waals surface area contributed by atoms with Gasteiger partial charge in [0.15, 0.2) is 5.11 Å². The van der Waals surface area contributed by atoms with Crippen LogP contribution in [0.3, 0.4) is 0 Å². The Labute approximate surface area is 274 Å². The maximum absolute atomic E-state index is 13.3. The van der Waals surface area contributed by atoms with Crippen LogP contribution in [0.15, 0.2) is 79.3 Å². The quantitative estimate of drug-likeness (QED) is 0.163. The second-order valence-corrected chi connectivity index (χ2v) is 12.9. The summed E-state index contributed by atoms with van der Waals surface area (Å²) in [5.74, 6) is 0.289. The number of hydrogen-bond acceptors (Lipinski definition) is 4. The van der Waals surface area contributed by atoms with Crippen molar-refractivity contribution in [1.29, 1.82) is 5.26 Å². The van der Waals surface area contributed by atoms with E-state index in [9.17, 15) is 4.79 Å². The molecule has 228 valence electrons. The van der Waals surface area contributed by atoms with Gasteiger partial charge in [0.25, 0.3) is 0 Å². The number of halogens is 2. The van der Waals surface area contributed by atoms with Crippen molar-refractivity contribution in [2.75, 3.05) is 11.9 Å². The zero-order valence-corrected chi connectivity index (χ0v) is 27.6. The van der Waals surface area contributed by atoms with E-state index in [0.29, 0.717) is 46.3 Å². The highest BCUT2D eigenvalue weighted by atomic mass is 35.5. The maximum atomic E-state index is 13.3. The Bertz CT molecular complexity index is 1640. The number of imidazole rings is 1. The molecule has 0 spiro atoms. The van der Waals surface area contributed by atoms with Crippen molar-refractivity contribution < 1.29 is 4.79 Å². The molecule has 0 fully saturated rings. The Morgan fingerprint density at radius 3 is 2.45 bits per heavy atom. The first-order chi connectivity index (χ1) is 20.9. The van der Waals surface area contributed by atoms with E-state index in [0.717, 1.165) is 22.5 Å². The Hall–Kier alpha value is -3.90. The molecule has 0 atom stereocenters. The van der Waals surface area contributed by atoms with Crippen molar-refractivity contribution in [3.8, 4) is 6.07 Å². The van der Waals surface area contributed by atoms with Crippen LogP contribution >= 0.6 is 35.4 Å². The Balaban J connectivity index is 1.46. The van der Waals surface area contributed by atoms with E-state index in [1.807, 2.05) is 59.7 Å². The summed E-state index contributed by atoms with van der Waals surface area (Å²) >= 11 is 18.8. The number of nitrogens with one attached hydrogen (secondary N) is 2. The van der Waals surface area contributed by atoms with Crippen LogP contribution in [0.2, 0.25) is 10.0 Å².